The lowest BCUT2D eigenvalue weighted by Crippen LogP contribution is -2.39. The summed E-state index contributed by atoms with van der Waals surface area (Å²) in [6, 6.07) is 6.03. The minimum absolute atomic E-state index is 0.0881. The molecule has 15 heavy (non-hydrogen) atoms. The van der Waals surface area contributed by atoms with Crippen LogP contribution in [0, 0.1) is 5.82 Å². The van der Waals surface area contributed by atoms with Crippen LogP contribution in [0.2, 0.25) is 0 Å². The van der Waals surface area contributed by atoms with E-state index >= 15 is 0 Å². The van der Waals surface area contributed by atoms with Crippen molar-refractivity contribution < 1.29 is 9.18 Å². The van der Waals surface area contributed by atoms with Crippen molar-refractivity contribution in [3.63, 3.8) is 0 Å². The number of nitrogens with two attached hydrogens (primary N) is 2. The third kappa shape index (κ3) is 3.65. The molecule has 1 aromatic rings. The first kappa shape index (κ1) is 11.6. The highest BCUT2D eigenvalue weighted by Crippen LogP contribution is 2.10. The van der Waals surface area contributed by atoms with Crippen LogP contribution in [-0.4, -0.2) is 11.9 Å². The van der Waals surface area contributed by atoms with Crippen molar-refractivity contribution in [1.82, 2.24) is 5.43 Å². The normalized spacial score (nSPS) is 12.4. The summed E-state index contributed by atoms with van der Waals surface area (Å²) in [6.07, 6.45) is 0.428. The summed E-state index contributed by atoms with van der Waals surface area (Å²) in [5.41, 5.74) is 7.99. The second-order valence-electron chi connectivity index (χ2n) is 3.33. The molecule has 0 spiro atoms. The van der Waals surface area contributed by atoms with Crippen molar-refractivity contribution in [3.8, 4) is 0 Å². The van der Waals surface area contributed by atoms with Gasteiger partial charge in [-0.2, -0.15) is 0 Å². The van der Waals surface area contributed by atoms with Gasteiger partial charge in [0.2, 0.25) is 5.91 Å². The van der Waals surface area contributed by atoms with Crippen molar-refractivity contribution in [1.29, 1.82) is 0 Å². The molecule has 1 aromatic carbocycles. The summed E-state index contributed by atoms with van der Waals surface area (Å²) < 4.78 is 13.2. The zero-order valence-electron chi connectivity index (χ0n) is 8.24. The Labute approximate surface area is 87.4 Å². The van der Waals surface area contributed by atoms with Gasteiger partial charge in [0.1, 0.15) is 5.82 Å². The first-order chi connectivity index (χ1) is 7.13. The Balaban J connectivity index is 2.66. The van der Waals surface area contributed by atoms with Gasteiger partial charge in [0.15, 0.2) is 0 Å². The lowest BCUT2D eigenvalue weighted by molar-refractivity contribution is -0.118. The van der Waals surface area contributed by atoms with Crippen molar-refractivity contribution in [2.45, 2.75) is 18.9 Å². The average molecular weight is 211 g/mol. The fraction of sp³-hybridized carbons (Fsp3) is 0.300. The van der Waals surface area contributed by atoms with Crippen molar-refractivity contribution in [2.75, 3.05) is 0 Å². The van der Waals surface area contributed by atoms with Crippen LogP contribution in [-0.2, 0) is 11.2 Å². The largest absolute Gasteiger partial charge is 0.370 e. The average Bonchev–Trinajstić information content (AvgIpc) is 2.19. The van der Waals surface area contributed by atoms with Crippen LogP contribution in [0.3, 0.4) is 0 Å². The molecule has 0 aliphatic carbocycles. The quantitative estimate of drug-likeness (QED) is 0.476. The molecule has 5 heteroatoms. The molecule has 0 fully saturated rings. The van der Waals surface area contributed by atoms with E-state index in [0.717, 1.165) is 0 Å². The lowest BCUT2D eigenvalue weighted by atomic mass is 10.0. The van der Waals surface area contributed by atoms with Gasteiger partial charge in [-0.05, 0) is 18.1 Å². The number of hydrogen-bond acceptors (Lipinski definition) is 3. The molecule has 0 heterocycles. The van der Waals surface area contributed by atoms with Gasteiger partial charge in [-0.25, -0.2) is 4.39 Å². The maximum Gasteiger partial charge on any atom is 0.219 e. The number of primary amides is 1. The van der Waals surface area contributed by atoms with E-state index in [1.807, 2.05) is 0 Å². The maximum atomic E-state index is 13.2. The molecule has 0 aromatic heterocycles. The van der Waals surface area contributed by atoms with E-state index in [9.17, 15) is 9.18 Å². The second kappa shape index (κ2) is 5.43. The molecule has 1 unspecified atom stereocenters. The number of hydrazine groups is 1. The number of carbonyl (C=O) groups is 1. The van der Waals surface area contributed by atoms with Crippen molar-refractivity contribution in [2.24, 2.45) is 11.6 Å². The zero-order valence-corrected chi connectivity index (χ0v) is 8.24. The fourth-order valence-corrected chi connectivity index (χ4v) is 1.36. The van der Waals surface area contributed by atoms with Crippen LogP contribution in [0.25, 0.3) is 0 Å². The molecule has 0 saturated heterocycles. The van der Waals surface area contributed by atoms with Gasteiger partial charge < -0.3 is 5.73 Å². The van der Waals surface area contributed by atoms with Gasteiger partial charge in [0.25, 0.3) is 0 Å². The number of halogens is 1. The van der Waals surface area contributed by atoms with Crippen LogP contribution in [0.15, 0.2) is 24.3 Å². The van der Waals surface area contributed by atoms with E-state index in [1.54, 1.807) is 18.2 Å². The van der Waals surface area contributed by atoms with Crippen molar-refractivity contribution in [3.05, 3.63) is 35.6 Å². The number of rotatable bonds is 5. The third-order valence-corrected chi connectivity index (χ3v) is 2.11. The lowest BCUT2D eigenvalue weighted by Gasteiger charge is -2.14. The molecular weight excluding hydrogens is 197 g/mol. The van der Waals surface area contributed by atoms with Crippen molar-refractivity contribution >= 4 is 5.91 Å². The van der Waals surface area contributed by atoms with Gasteiger partial charge in [-0.1, -0.05) is 18.2 Å². The SMILES string of the molecule is NNC(CC(N)=O)Cc1ccccc1F. The molecular formula is C10H14FN3O. The Morgan fingerprint density at radius 3 is 2.67 bits per heavy atom. The van der Waals surface area contributed by atoms with E-state index in [1.165, 1.54) is 6.07 Å². The number of carbonyl (C=O) groups excluding carboxylic acids is 1. The van der Waals surface area contributed by atoms with Crippen LogP contribution in [0.1, 0.15) is 12.0 Å². The second-order valence-corrected chi connectivity index (χ2v) is 3.33. The van der Waals surface area contributed by atoms with Crippen LogP contribution < -0.4 is 17.0 Å². The van der Waals surface area contributed by atoms with E-state index in [2.05, 4.69) is 5.43 Å². The molecule has 0 aliphatic rings. The summed E-state index contributed by atoms with van der Waals surface area (Å²) >= 11 is 0. The molecule has 0 radical (unpaired) electrons. The Bertz CT molecular complexity index is 343. The Kier molecular flexibility index (Phi) is 4.20. The molecule has 82 valence electrons. The minimum Gasteiger partial charge on any atom is -0.370 e. The van der Waals surface area contributed by atoms with Gasteiger partial charge in [-0.15, -0.1) is 0 Å². The highest BCUT2D eigenvalue weighted by Gasteiger charge is 2.12. The van der Waals surface area contributed by atoms with E-state index in [0.29, 0.717) is 12.0 Å². The Hall–Kier alpha value is -1.46. The maximum absolute atomic E-state index is 13.2. The number of amides is 1. The first-order valence-electron chi connectivity index (χ1n) is 4.61. The fourth-order valence-electron chi connectivity index (χ4n) is 1.36. The summed E-state index contributed by atoms with van der Waals surface area (Å²) in [5, 5.41) is 0. The number of benzene rings is 1. The molecule has 1 rings (SSSR count). The summed E-state index contributed by atoms with van der Waals surface area (Å²) in [6.45, 7) is 0. The highest BCUT2D eigenvalue weighted by molar-refractivity contribution is 5.74. The topological polar surface area (TPSA) is 81.1 Å². The summed E-state index contributed by atoms with van der Waals surface area (Å²) in [4.78, 5) is 10.7. The zero-order chi connectivity index (χ0) is 11.3. The summed E-state index contributed by atoms with van der Waals surface area (Å²) in [7, 11) is 0. The molecule has 0 aliphatic heterocycles. The predicted molar refractivity (Wildman–Crippen MR) is 55.0 cm³/mol. The molecule has 1 atom stereocenters. The Morgan fingerprint density at radius 1 is 1.47 bits per heavy atom. The third-order valence-electron chi connectivity index (χ3n) is 2.11. The number of hydrogen-bond donors (Lipinski definition) is 3. The first-order valence-corrected chi connectivity index (χ1v) is 4.61. The van der Waals surface area contributed by atoms with E-state index < -0.39 is 5.91 Å². The number of nitrogens with one attached hydrogen (secondary N) is 1. The molecule has 0 saturated carbocycles. The minimum atomic E-state index is -0.464. The molecule has 1 amide bonds. The predicted octanol–water partition coefficient (Wildman–Crippen LogP) is 0.0755. The molecule has 4 nitrogen and oxygen atoms in total. The van der Waals surface area contributed by atoms with E-state index in [-0.39, 0.29) is 18.3 Å². The van der Waals surface area contributed by atoms with Crippen LogP contribution >= 0.6 is 0 Å². The molecule has 0 bridgehead atoms. The monoisotopic (exact) mass is 211 g/mol. The van der Waals surface area contributed by atoms with Gasteiger partial charge in [-0.3, -0.25) is 16.1 Å². The van der Waals surface area contributed by atoms with E-state index in [4.69, 9.17) is 11.6 Å². The Morgan fingerprint density at radius 2 is 2.13 bits per heavy atom. The van der Waals surface area contributed by atoms with Gasteiger partial charge in [0, 0.05) is 12.5 Å². The van der Waals surface area contributed by atoms with Crippen LogP contribution in [0.4, 0.5) is 4.39 Å². The van der Waals surface area contributed by atoms with Gasteiger partial charge >= 0.3 is 0 Å². The van der Waals surface area contributed by atoms with Gasteiger partial charge in [0.05, 0.1) is 0 Å². The highest BCUT2D eigenvalue weighted by atomic mass is 19.1. The summed E-state index contributed by atoms with van der Waals surface area (Å²) in [5.74, 6) is 4.47. The van der Waals surface area contributed by atoms with Crippen LogP contribution in [0.5, 0.6) is 0 Å². The smallest absolute Gasteiger partial charge is 0.219 e. The molecule has 5 N–H and O–H groups in total. The standard InChI is InChI=1S/C10H14FN3O/c11-9-4-2-1-3-7(9)5-8(14-13)6-10(12)15/h1-4,8,14H,5-6,13H2,(H2,12,15).